The summed E-state index contributed by atoms with van der Waals surface area (Å²) in [6.07, 6.45) is 0.569. The normalized spacial score (nSPS) is 10.7. The zero-order valence-corrected chi connectivity index (χ0v) is 13.7. The van der Waals surface area contributed by atoms with Crippen LogP contribution in [0.2, 0.25) is 0 Å². The Balaban J connectivity index is 2.75. The number of halogens is 1. The molecule has 0 saturated carbocycles. The third-order valence-electron chi connectivity index (χ3n) is 2.32. The first-order valence-corrected chi connectivity index (χ1v) is 7.80. The van der Waals surface area contributed by atoms with Gasteiger partial charge in [-0.05, 0) is 27.9 Å². The quantitative estimate of drug-likeness (QED) is 0.802. The fourth-order valence-electron chi connectivity index (χ4n) is 1.57. The molecule has 6 heteroatoms. The Hall–Kier alpha value is -0.460. The number of carbonyl (C=O) groups is 1. The Morgan fingerprint density at radius 3 is 2.72 bits per heavy atom. The Morgan fingerprint density at radius 2 is 2.28 bits per heavy atom. The third kappa shape index (κ3) is 5.04. The highest BCUT2D eigenvalue weighted by atomic mass is 79.9. The number of amides is 1. The van der Waals surface area contributed by atoms with Crippen LogP contribution in [0.5, 0.6) is 0 Å². The van der Waals surface area contributed by atoms with Crippen LogP contribution in [-0.4, -0.2) is 28.9 Å². The number of nitrogens with zero attached hydrogens (tertiary/aromatic N) is 1. The molecular formula is C12H17BrN2OS2. The lowest BCUT2D eigenvalue weighted by Crippen LogP contribution is -2.36. The van der Waals surface area contributed by atoms with Gasteiger partial charge in [0, 0.05) is 24.9 Å². The molecule has 100 valence electrons. The van der Waals surface area contributed by atoms with Crippen molar-refractivity contribution in [2.24, 2.45) is 11.7 Å². The summed E-state index contributed by atoms with van der Waals surface area (Å²) in [5.41, 5.74) is 6.22. The highest BCUT2D eigenvalue weighted by Gasteiger charge is 2.18. The summed E-state index contributed by atoms with van der Waals surface area (Å²) in [4.78, 5) is 14.6. The van der Waals surface area contributed by atoms with Crippen molar-refractivity contribution in [3.05, 3.63) is 20.8 Å². The Kier molecular flexibility index (Phi) is 6.25. The average molecular weight is 349 g/mol. The largest absolute Gasteiger partial charge is 0.393 e. The average Bonchev–Trinajstić information content (AvgIpc) is 2.69. The number of nitrogens with two attached hydrogens (primary N) is 1. The molecule has 1 amide bonds. The van der Waals surface area contributed by atoms with Crippen LogP contribution < -0.4 is 5.73 Å². The fourth-order valence-corrected chi connectivity index (χ4v) is 2.79. The first-order valence-electron chi connectivity index (χ1n) is 5.71. The van der Waals surface area contributed by atoms with Gasteiger partial charge in [-0.25, -0.2) is 0 Å². The van der Waals surface area contributed by atoms with Crippen LogP contribution in [0.25, 0.3) is 0 Å². The van der Waals surface area contributed by atoms with Crippen LogP contribution in [0.1, 0.15) is 30.6 Å². The predicted molar refractivity (Wildman–Crippen MR) is 84.2 cm³/mol. The van der Waals surface area contributed by atoms with E-state index < -0.39 is 0 Å². The topological polar surface area (TPSA) is 46.3 Å². The van der Waals surface area contributed by atoms with E-state index in [1.807, 2.05) is 16.3 Å². The molecule has 18 heavy (non-hydrogen) atoms. The summed E-state index contributed by atoms with van der Waals surface area (Å²) >= 11 is 9.75. The van der Waals surface area contributed by atoms with Gasteiger partial charge in [-0.2, -0.15) is 0 Å². The molecule has 1 aromatic heterocycles. The van der Waals surface area contributed by atoms with Crippen molar-refractivity contribution in [3.8, 4) is 0 Å². The van der Waals surface area contributed by atoms with Crippen LogP contribution in [0.4, 0.5) is 0 Å². The van der Waals surface area contributed by atoms with Crippen LogP contribution in [-0.2, 0) is 0 Å². The number of thiocarbonyl (C=S) groups is 1. The zero-order chi connectivity index (χ0) is 13.7. The summed E-state index contributed by atoms with van der Waals surface area (Å²) in [6.45, 7) is 5.48. The van der Waals surface area contributed by atoms with Gasteiger partial charge in [0.1, 0.15) is 0 Å². The molecule has 0 fully saturated rings. The number of hydrogen-bond donors (Lipinski definition) is 1. The van der Waals surface area contributed by atoms with E-state index in [4.69, 9.17) is 18.0 Å². The smallest absolute Gasteiger partial charge is 0.254 e. The van der Waals surface area contributed by atoms with Gasteiger partial charge in [0.15, 0.2) is 0 Å². The first-order chi connectivity index (χ1) is 8.40. The molecule has 1 rings (SSSR count). The number of rotatable bonds is 6. The van der Waals surface area contributed by atoms with E-state index in [1.54, 1.807) is 0 Å². The summed E-state index contributed by atoms with van der Waals surface area (Å²) in [6, 6.07) is 1.85. The van der Waals surface area contributed by atoms with Crippen LogP contribution >= 0.6 is 39.5 Å². The van der Waals surface area contributed by atoms with Crippen molar-refractivity contribution >= 4 is 50.4 Å². The maximum absolute atomic E-state index is 12.3. The predicted octanol–water partition coefficient (Wildman–Crippen LogP) is 3.29. The molecular weight excluding hydrogens is 332 g/mol. The molecule has 0 saturated heterocycles. The molecule has 0 radical (unpaired) electrons. The molecule has 0 aliphatic carbocycles. The molecule has 0 aliphatic heterocycles. The van der Waals surface area contributed by atoms with Crippen LogP contribution in [0.15, 0.2) is 15.2 Å². The van der Waals surface area contributed by atoms with Crippen LogP contribution in [0, 0.1) is 5.92 Å². The summed E-state index contributed by atoms with van der Waals surface area (Å²) < 4.78 is 0.963. The van der Waals surface area contributed by atoms with Gasteiger partial charge in [0.25, 0.3) is 5.91 Å². The zero-order valence-electron chi connectivity index (χ0n) is 10.5. The number of hydrogen-bond acceptors (Lipinski definition) is 3. The second-order valence-corrected chi connectivity index (χ2v) is 7.32. The highest BCUT2D eigenvalue weighted by molar-refractivity contribution is 9.11. The van der Waals surface area contributed by atoms with E-state index in [9.17, 15) is 4.79 Å². The lowest BCUT2D eigenvalue weighted by Gasteiger charge is -2.24. The van der Waals surface area contributed by atoms with E-state index in [-0.39, 0.29) is 5.91 Å². The molecule has 0 aromatic carbocycles. The lowest BCUT2D eigenvalue weighted by atomic mass is 10.2. The molecule has 3 nitrogen and oxygen atoms in total. The molecule has 0 aliphatic rings. The van der Waals surface area contributed by atoms with Crippen molar-refractivity contribution in [2.45, 2.75) is 20.3 Å². The van der Waals surface area contributed by atoms with Gasteiger partial charge in [-0.3, -0.25) is 4.79 Å². The second kappa shape index (κ2) is 7.21. The molecule has 0 bridgehead atoms. The van der Waals surface area contributed by atoms with Gasteiger partial charge in [0.2, 0.25) is 0 Å². The molecule has 1 aromatic rings. The molecule has 0 spiro atoms. The summed E-state index contributed by atoms with van der Waals surface area (Å²) in [5.74, 6) is 0.462. The minimum atomic E-state index is 0.0434. The van der Waals surface area contributed by atoms with Gasteiger partial charge in [-0.1, -0.05) is 26.1 Å². The van der Waals surface area contributed by atoms with E-state index >= 15 is 0 Å². The van der Waals surface area contributed by atoms with E-state index in [1.165, 1.54) is 11.3 Å². The Bertz CT molecular complexity index is 431. The van der Waals surface area contributed by atoms with E-state index in [2.05, 4.69) is 29.8 Å². The van der Waals surface area contributed by atoms with Crippen molar-refractivity contribution in [2.75, 3.05) is 13.1 Å². The van der Waals surface area contributed by atoms with Crippen molar-refractivity contribution in [1.82, 2.24) is 4.90 Å². The number of carbonyl (C=O) groups excluding carboxylic acids is 1. The minimum Gasteiger partial charge on any atom is -0.393 e. The van der Waals surface area contributed by atoms with Crippen molar-refractivity contribution in [3.63, 3.8) is 0 Å². The molecule has 0 atom stereocenters. The maximum Gasteiger partial charge on any atom is 0.254 e. The van der Waals surface area contributed by atoms with Crippen LogP contribution in [0.3, 0.4) is 0 Å². The molecule has 1 heterocycles. The Morgan fingerprint density at radius 1 is 1.61 bits per heavy atom. The highest BCUT2D eigenvalue weighted by Crippen LogP contribution is 2.22. The van der Waals surface area contributed by atoms with E-state index in [0.717, 1.165) is 15.9 Å². The van der Waals surface area contributed by atoms with E-state index in [0.29, 0.717) is 23.9 Å². The van der Waals surface area contributed by atoms with Gasteiger partial charge in [0.05, 0.1) is 14.3 Å². The third-order valence-corrected chi connectivity index (χ3v) is 4.02. The van der Waals surface area contributed by atoms with Gasteiger partial charge in [-0.15, -0.1) is 11.3 Å². The van der Waals surface area contributed by atoms with Gasteiger partial charge >= 0.3 is 0 Å². The second-order valence-electron chi connectivity index (χ2n) is 4.50. The van der Waals surface area contributed by atoms with Crippen molar-refractivity contribution in [1.29, 1.82) is 0 Å². The molecule has 2 N–H and O–H groups in total. The SMILES string of the molecule is CC(C)CN(CCC(N)=S)C(=O)c1csc(Br)c1. The fraction of sp³-hybridized carbons (Fsp3) is 0.500. The molecule has 0 unspecified atom stereocenters. The minimum absolute atomic E-state index is 0.0434. The first kappa shape index (κ1) is 15.6. The summed E-state index contributed by atoms with van der Waals surface area (Å²) in [7, 11) is 0. The number of thiophene rings is 1. The van der Waals surface area contributed by atoms with Gasteiger partial charge < -0.3 is 10.6 Å². The maximum atomic E-state index is 12.3. The van der Waals surface area contributed by atoms with Crippen molar-refractivity contribution < 1.29 is 4.79 Å². The Labute approximate surface area is 125 Å². The monoisotopic (exact) mass is 348 g/mol. The summed E-state index contributed by atoms with van der Waals surface area (Å²) in [5, 5.41) is 1.86. The standard InChI is InChI=1S/C12H17BrN2OS2/c1-8(2)6-15(4-3-11(14)17)12(16)9-5-10(13)18-7-9/h5,7-8H,3-4,6H2,1-2H3,(H2,14,17). The lowest BCUT2D eigenvalue weighted by molar-refractivity contribution is 0.0741.